The molecule has 0 aromatic heterocycles. The van der Waals surface area contributed by atoms with E-state index in [9.17, 15) is 14.0 Å². The molecular weight excluding hydrogens is 255 g/mol. The first-order chi connectivity index (χ1) is 8.93. The van der Waals surface area contributed by atoms with E-state index in [4.69, 9.17) is 15.6 Å². The van der Waals surface area contributed by atoms with Gasteiger partial charge >= 0.3 is 5.97 Å². The number of amides is 1. The predicted molar refractivity (Wildman–Crippen MR) is 66.4 cm³/mol. The van der Waals surface area contributed by atoms with Gasteiger partial charge in [0.25, 0.3) is 0 Å². The number of hydrogen-bond donors (Lipinski definition) is 3. The first kappa shape index (κ1) is 14.9. The van der Waals surface area contributed by atoms with E-state index in [1.807, 2.05) is 0 Å². The van der Waals surface area contributed by atoms with Gasteiger partial charge in [-0.25, -0.2) is 4.39 Å². The Kier molecular flexibility index (Phi) is 5.25. The van der Waals surface area contributed by atoms with Crippen LogP contribution >= 0.6 is 0 Å². The maximum absolute atomic E-state index is 13.4. The molecule has 104 valence electrons. The van der Waals surface area contributed by atoms with Crippen molar-refractivity contribution >= 4 is 17.6 Å². The van der Waals surface area contributed by atoms with Crippen molar-refractivity contribution in [1.82, 2.24) is 0 Å². The van der Waals surface area contributed by atoms with Crippen molar-refractivity contribution in [2.75, 3.05) is 12.4 Å². The number of aliphatic carboxylic acids is 1. The monoisotopic (exact) mass is 270 g/mol. The van der Waals surface area contributed by atoms with E-state index in [-0.39, 0.29) is 24.3 Å². The number of rotatable bonds is 6. The fraction of sp³-hybridized carbons (Fsp3) is 0.333. The van der Waals surface area contributed by atoms with Gasteiger partial charge in [-0.3, -0.25) is 9.59 Å². The van der Waals surface area contributed by atoms with E-state index in [1.165, 1.54) is 19.2 Å². The Morgan fingerprint density at radius 2 is 2.21 bits per heavy atom. The molecule has 0 aliphatic rings. The molecule has 0 fully saturated rings. The molecule has 0 aliphatic heterocycles. The van der Waals surface area contributed by atoms with Crippen molar-refractivity contribution < 1.29 is 23.8 Å². The number of nitrogens with one attached hydrogen (secondary N) is 1. The van der Waals surface area contributed by atoms with Crippen LogP contribution in [0.1, 0.15) is 12.8 Å². The van der Waals surface area contributed by atoms with Crippen LogP contribution in [0.25, 0.3) is 0 Å². The molecule has 4 N–H and O–H groups in total. The molecule has 1 unspecified atom stereocenters. The quantitative estimate of drug-likeness (QED) is 0.714. The fourth-order valence-corrected chi connectivity index (χ4v) is 1.39. The number of anilines is 1. The summed E-state index contributed by atoms with van der Waals surface area (Å²) in [4.78, 5) is 22.0. The topological polar surface area (TPSA) is 102 Å². The zero-order chi connectivity index (χ0) is 14.4. The van der Waals surface area contributed by atoms with E-state index in [0.717, 1.165) is 6.07 Å². The molecular formula is C12H15FN2O4. The molecule has 0 radical (unpaired) electrons. The standard InChI is InChI=1S/C12H15FN2O4/c1-19-10-4-2-7(6-8(10)13)15-12(18)9(14)3-5-11(16)17/h2,4,6,9H,3,5,14H2,1H3,(H,15,18)(H,16,17). The number of carbonyl (C=O) groups is 2. The number of carbonyl (C=O) groups excluding carboxylic acids is 1. The fourth-order valence-electron chi connectivity index (χ4n) is 1.39. The summed E-state index contributed by atoms with van der Waals surface area (Å²) in [6.07, 6.45) is -0.189. The van der Waals surface area contributed by atoms with Gasteiger partial charge in [0.2, 0.25) is 5.91 Å². The first-order valence-electron chi connectivity index (χ1n) is 5.56. The van der Waals surface area contributed by atoms with Crippen molar-refractivity contribution in [3.8, 4) is 5.75 Å². The van der Waals surface area contributed by atoms with Crippen LogP contribution in [0.4, 0.5) is 10.1 Å². The number of nitrogens with two attached hydrogens (primary N) is 1. The molecule has 1 aromatic carbocycles. The Labute approximate surface area is 109 Å². The van der Waals surface area contributed by atoms with Crippen molar-refractivity contribution in [3.05, 3.63) is 24.0 Å². The van der Waals surface area contributed by atoms with Crippen LogP contribution in [-0.2, 0) is 9.59 Å². The summed E-state index contributed by atoms with van der Waals surface area (Å²) in [7, 11) is 1.33. The van der Waals surface area contributed by atoms with Crippen molar-refractivity contribution in [3.63, 3.8) is 0 Å². The first-order valence-corrected chi connectivity index (χ1v) is 5.56. The Bertz CT molecular complexity index is 479. The number of methoxy groups -OCH3 is 1. The molecule has 0 bridgehead atoms. The highest BCUT2D eigenvalue weighted by atomic mass is 19.1. The van der Waals surface area contributed by atoms with Crippen LogP contribution < -0.4 is 15.8 Å². The zero-order valence-electron chi connectivity index (χ0n) is 10.4. The third-order valence-corrected chi connectivity index (χ3v) is 2.43. The molecule has 0 saturated heterocycles. The molecule has 6 nitrogen and oxygen atoms in total. The van der Waals surface area contributed by atoms with Gasteiger partial charge in [-0.05, 0) is 18.6 Å². The molecule has 0 heterocycles. The molecule has 7 heteroatoms. The minimum Gasteiger partial charge on any atom is -0.494 e. The molecule has 0 saturated carbocycles. The van der Waals surface area contributed by atoms with Crippen LogP contribution in [0.3, 0.4) is 0 Å². The van der Waals surface area contributed by atoms with Crippen LogP contribution in [0.15, 0.2) is 18.2 Å². The summed E-state index contributed by atoms with van der Waals surface area (Å²) >= 11 is 0. The van der Waals surface area contributed by atoms with Gasteiger partial charge in [0.05, 0.1) is 13.2 Å². The van der Waals surface area contributed by atoms with E-state index in [1.54, 1.807) is 0 Å². The van der Waals surface area contributed by atoms with E-state index in [0.29, 0.717) is 0 Å². The average Bonchev–Trinajstić information content (AvgIpc) is 2.36. The van der Waals surface area contributed by atoms with Gasteiger partial charge in [0.15, 0.2) is 11.6 Å². The van der Waals surface area contributed by atoms with E-state index < -0.39 is 23.7 Å². The largest absolute Gasteiger partial charge is 0.494 e. The molecule has 0 spiro atoms. The van der Waals surface area contributed by atoms with Crippen molar-refractivity contribution in [2.45, 2.75) is 18.9 Å². The van der Waals surface area contributed by atoms with Gasteiger partial charge in [0.1, 0.15) is 0 Å². The summed E-state index contributed by atoms with van der Waals surface area (Å²) in [5.74, 6) is -2.14. The van der Waals surface area contributed by atoms with Gasteiger partial charge < -0.3 is 20.9 Å². The zero-order valence-corrected chi connectivity index (χ0v) is 10.4. The Balaban J connectivity index is 2.61. The Morgan fingerprint density at radius 3 is 2.74 bits per heavy atom. The summed E-state index contributed by atoms with van der Waals surface area (Å²) in [5, 5.41) is 10.9. The van der Waals surface area contributed by atoms with E-state index >= 15 is 0 Å². The van der Waals surface area contributed by atoms with Crippen molar-refractivity contribution in [1.29, 1.82) is 0 Å². The number of halogens is 1. The van der Waals surface area contributed by atoms with Crippen LogP contribution in [0.5, 0.6) is 5.75 Å². The highest BCUT2D eigenvalue weighted by Crippen LogP contribution is 2.20. The summed E-state index contributed by atoms with van der Waals surface area (Å²) in [6.45, 7) is 0. The molecule has 1 amide bonds. The van der Waals surface area contributed by atoms with Crippen LogP contribution in [-0.4, -0.2) is 30.1 Å². The van der Waals surface area contributed by atoms with Gasteiger partial charge in [-0.1, -0.05) is 0 Å². The van der Waals surface area contributed by atoms with Crippen molar-refractivity contribution in [2.24, 2.45) is 5.73 Å². The highest BCUT2D eigenvalue weighted by Gasteiger charge is 2.15. The van der Waals surface area contributed by atoms with Crippen LogP contribution in [0, 0.1) is 5.82 Å². The minimum atomic E-state index is -1.03. The third kappa shape index (κ3) is 4.55. The maximum atomic E-state index is 13.4. The number of ether oxygens (including phenoxy) is 1. The van der Waals surface area contributed by atoms with Gasteiger partial charge in [-0.2, -0.15) is 0 Å². The lowest BCUT2D eigenvalue weighted by atomic mass is 10.1. The summed E-state index contributed by atoms with van der Waals surface area (Å²) in [6, 6.07) is 2.97. The summed E-state index contributed by atoms with van der Waals surface area (Å²) in [5.41, 5.74) is 5.74. The van der Waals surface area contributed by atoms with E-state index in [2.05, 4.69) is 5.32 Å². The second-order valence-electron chi connectivity index (χ2n) is 3.88. The molecule has 1 aromatic rings. The molecule has 1 atom stereocenters. The van der Waals surface area contributed by atoms with Gasteiger partial charge in [0, 0.05) is 18.2 Å². The second kappa shape index (κ2) is 6.69. The number of benzene rings is 1. The minimum absolute atomic E-state index is 0.0137. The Morgan fingerprint density at radius 1 is 1.53 bits per heavy atom. The summed E-state index contributed by atoms with van der Waals surface area (Å²) < 4.78 is 18.1. The lowest BCUT2D eigenvalue weighted by Crippen LogP contribution is -2.36. The number of carboxylic acid groups (broad SMARTS) is 1. The number of carboxylic acids is 1. The second-order valence-corrected chi connectivity index (χ2v) is 3.88. The number of hydrogen-bond acceptors (Lipinski definition) is 4. The third-order valence-electron chi connectivity index (χ3n) is 2.43. The molecule has 0 aliphatic carbocycles. The van der Waals surface area contributed by atoms with Gasteiger partial charge in [-0.15, -0.1) is 0 Å². The predicted octanol–water partition coefficient (Wildman–Crippen LogP) is 0.965. The maximum Gasteiger partial charge on any atom is 0.303 e. The Hall–Kier alpha value is -2.15. The lowest BCUT2D eigenvalue weighted by Gasteiger charge is -2.11. The van der Waals surface area contributed by atoms with Crippen LogP contribution in [0.2, 0.25) is 0 Å². The smallest absolute Gasteiger partial charge is 0.303 e. The molecule has 19 heavy (non-hydrogen) atoms. The normalized spacial score (nSPS) is 11.7. The SMILES string of the molecule is COc1ccc(NC(=O)C(N)CCC(=O)O)cc1F. The highest BCUT2D eigenvalue weighted by molar-refractivity contribution is 5.94. The average molecular weight is 270 g/mol. The molecule has 1 rings (SSSR count). The lowest BCUT2D eigenvalue weighted by molar-refractivity contribution is -0.137.